The Bertz CT molecular complexity index is 421. The highest BCUT2D eigenvalue weighted by Crippen LogP contribution is 2.28. The molecular formula is C13H17FN2O2. The van der Waals surface area contributed by atoms with Crippen molar-refractivity contribution in [2.45, 2.75) is 12.8 Å². The van der Waals surface area contributed by atoms with Crippen LogP contribution < -0.4 is 0 Å². The van der Waals surface area contributed by atoms with Crippen LogP contribution in [-0.4, -0.2) is 42.6 Å². The predicted molar refractivity (Wildman–Crippen MR) is 64.7 cm³/mol. The van der Waals surface area contributed by atoms with Crippen LogP contribution in [0.5, 0.6) is 0 Å². The second kappa shape index (κ2) is 5.91. The summed E-state index contributed by atoms with van der Waals surface area (Å²) in [7, 11) is 1.63. The quantitative estimate of drug-likeness (QED) is 0.572. The van der Waals surface area contributed by atoms with Gasteiger partial charge in [0.1, 0.15) is 0 Å². The van der Waals surface area contributed by atoms with Crippen molar-refractivity contribution in [3.05, 3.63) is 29.8 Å². The average Bonchev–Trinajstić information content (AvgIpc) is 3.18. The first-order valence-corrected chi connectivity index (χ1v) is 6.12. The Morgan fingerprint density at radius 1 is 1.61 bits per heavy atom. The molecule has 18 heavy (non-hydrogen) atoms. The maximum Gasteiger partial charge on any atom is 0.258 e. The van der Waals surface area contributed by atoms with Crippen molar-refractivity contribution in [3.63, 3.8) is 0 Å². The molecule has 0 aliphatic heterocycles. The third-order valence-electron chi connectivity index (χ3n) is 2.96. The van der Waals surface area contributed by atoms with Crippen LogP contribution >= 0.6 is 0 Å². The summed E-state index contributed by atoms with van der Waals surface area (Å²) in [6.45, 7) is 1.71. The van der Waals surface area contributed by atoms with Gasteiger partial charge in [-0.2, -0.15) is 4.39 Å². The SMILES string of the molecule is CN(CCOCC1CC1)C(=O)c1cccnc1F. The lowest BCUT2D eigenvalue weighted by atomic mass is 10.2. The number of pyridine rings is 1. The zero-order valence-electron chi connectivity index (χ0n) is 10.4. The molecule has 0 radical (unpaired) electrons. The second-order valence-corrected chi connectivity index (χ2v) is 4.59. The van der Waals surface area contributed by atoms with Crippen LogP contribution in [0.25, 0.3) is 0 Å². The molecule has 0 spiro atoms. The molecule has 1 aliphatic carbocycles. The Hall–Kier alpha value is -1.49. The lowest BCUT2D eigenvalue weighted by Crippen LogP contribution is -2.31. The molecule has 0 N–H and O–H groups in total. The number of halogens is 1. The topological polar surface area (TPSA) is 42.4 Å². The molecule has 5 heteroatoms. The van der Waals surface area contributed by atoms with E-state index in [-0.39, 0.29) is 11.5 Å². The van der Waals surface area contributed by atoms with E-state index in [9.17, 15) is 9.18 Å². The van der Waals surface area contributed by atoms with Gasteiger partial charge in [0.15, 0.2) is 0 Å². The van der Waals surface area contributed by atoms with Gasteiger partial charge < -0.3 is 9.64 Å². The number of likely N-dealkylation sites (N-methyl/N-ethyl adjacent to an activating group) is 1. The first kappa shape index (κ1) is 13.0. The van der Waals surface area contributed by atoms with E-state index in [0.717, 1.165) is 6.61 Å². The standard InChI is InChI=1S/C13H17FN2O2/c1-16(7-8-18-9-10-4-5-10)13(17)11-3-2-6-15-12(11)14/h2-3,6,10H,4-5,7-9H2,1H3. The molecule has 1 amide bonds. The fraction of sp³-hybridized carbons (Fsp3) is 0.538. The van der Waals surface area contributed by atoms with Gasteiger partial charge in [-0.25, -0.2) is 4.98 Å². The van der Waals surface area contributed by atoms with E-state index >= 15 is 0 Å². The van der Waals surface area contributed by atoms with Crippen molar-refractivity contribution in [2.24, 2.45) is 5.92 Å². The molecule has 1 fully saturated rings. The van der Waals surface area contributed by atoms with E-state index in [1.54, 1.807) is 13.1 Å². The van der Waals surface area contributed by atoms with Gasteiger partial charge in [-0.15, -0.1) is 0 Å². The minimum absolute atomic E-state index is 0.00203. The summed E-state index contributed by atoms with van der Waals surface area (Å²) in [5.74, 6) is -0.384. The molecule has 0 unspecified atom stereocenters. The molecule has 0 atom stereocenters. The number of hydrogen-bond acceptors (Lipinski definition) is 3. The summed E-state index contributed by atoms with van der Waals surface area (Å²) in [4.78, 5) is 16.8. The van der Waals surface area contributed by atoms with E-state index < -0.39 is 5.95 Å². The van der Waals surface area contributed by atoms with E-state index in [1.165, 1.54) is 30.0 Å². The van der Waals surface area contributed by atoms with E-state index in [0.29, 0.717) is 19.1 Å². The van der Waals surface area contributed by atoms with Gasteiger partial charge in [-0.05, 0) is 30.9 Å². The zero-order chi connectivity index (χ0) is 13.0. The summed E-state index contributed by atoms with van der Waals surface area (Å²) in [5.41, 5.74) is 0.00203. The van der Waals surface area contributed by atoms with Crippen molar-refractivity contribution in [1.82, 2.24) is 9.88 Å². The molecule has 1 aliphatic rings. The number of amides is 1. The minimum Gasteiger partial charge on any atom is -0.379 e. The van der Waals surface area contributed by atoms with E-state index in [2.05, 4.69) is 4.98 Å². The molecule has 0 aromatic carbocycles. The molecule has 1 aromatic rings. The van der Waals surface area contributed by atoms with Crippen molar-refractivity contribution in [3.8, 4) is 0 Å². The summed E-state index contributed by atoms with van der Waals surface area (Å²) >= 11 is 0. The molecule has 1 saturated carbocycles. The van der Waals surface area contributed by atoms with Gasteiger partial charge in [-0.1, -0.05) is 0 Å². The van der Waals surface area contributed by atoms with E-state index in [4.69, 9.17) is 4.74 Å². The normalized spacial score (nSPS) is 14.6. The highest BCUT2D eigenvalue weighted by atomic mass is 19.1. The Morgan fingerprint density at radius 2 is 2.39 bits per heavy atom. The maximum absolute atomic E-state index is 13.3. The second-order valence-electron chi connectivity index (χ2n) is 4.59. The molecule has 98 valence electrons. The van der Waals surface area contributed by atoms with Crippen molar-refractivity contribution in [2.75, 3.05) is 26.8 Å². The zero-order valence-corrected chi connectivity index (χ0v) is 10.4. The lowest BCUT2D eigenvalue weighted by molar-refractivity contribution is 0.0676. The summed E-state index contributed by atoms with van der Waals surface area (Å²) in [6.07, 6.45) is 3.82. The van der Waals surface area contributed by atoms with Crippen LogP contribution in [0.3, 0.4) is 0 Å². The van der Waals surface area contributed by atoms with Crippen LogP contribution in [0, 0.1) is 11.9 Å². The van der Waals surface area contributed by atoms with Gasteiger partial charge in [0.05, 0.1) is 12.2 Å². The van der Waals surface area contributed by atoms with Crippen molar-refractivity contribution < 1.29 is 13.9 Å². The first-order chi connectivity index (χ1) is 8.68. The Kier molecular flexibility index (Phi) is 4.25. The monoisotopic (exact) mass is 252 g/mol. The van der Waals surface area contributed by atoms with Gasteiger partial charge in [-0.3, -0.25) is 4.79 Å². The number of nitrogens with zero attached hydrogens (tertiary/aromatic N) is 2. The number of rotatable bonds is 6. The number of aromatic nitrogens is 1. The summed E-state index contributed by atoms with van der Waals surface area (Å²) in [6, 6.07) is 2.99. The Morgan fingerprint density at radius 3 is 3.06 bits per heavy atom. The van der Waals surface area contributed by atoms with Gasteiger partial charge in [0.2, 0.25) is 5.95 Å². The van der Waals surface area contributed by atoms with Crippen molar-refractivity contribution >= 4 is 5.91 Å². The third kappa shape index (κ3) is 3.50. The molecule has 0 bridgehead atoms. The fourth-order valence-electron chi connectivity index (χ4n) is 1.59. The Labute approximate surface area is 106 Å². The highest BCUT2D eigenvalue weighted by Gasteiger charge is 2.21. The van der Waals surface area contributed by atoms with E-state index in [1.807, 2.05) is 0 Å². The molecule has 2 rings (SSSR count). The van der Waals surface area contributed by atoms with Crippen LogP contribution in [0.1, 0.15) is 23.2 Å². The first-order valence-electron chi connectivity index (χ1n) is 6.12. The van der Waals surface area contributed by atoms with Crippen LogP contribution in [0.4, 0.5) is 4.39 Å². The number of ether oxygens (including phenoxy) is 1. The van der Waals surface area contributed by atoms with Crippen LogP contribution in [0.15, 0.2) is 18.3 Å². The van der Waals surface area contributed by atoms with Gasteiger partial charge in [0, 0.05) is 26.4 Å². The smallest absolute Gasteiger partial charge is 0.258 e. The number of carbonyl (C=O) groups excluding carboxylic acids is 1. The number of carbonyl (C=O) groups is 1. The van der Waals surface area contributed by atoms with Crippen molar-refractivity contribution in [1.29, 1.82) is 0 Å². The highest BCUT2D eigenvalue weighted by molar-refractivity contribution is 5.93. The van der Waals surface area contributed by atoms with Crippen LogP contribution in [0.2, 0.25) is 0 Å². The average molecular weight is 252 g/mol. The maximum atomic E-state index is 13.3. The molecule has 0 saturated heterocycles. The predicted octanol–water partition coefficient (Wildman–Crippen LogP) is 1.72. The van der Waals surface area contributed by atoms with Gasteiger partial charge >= 0.3 is 0 Å². The summed E-state index contributed by atoms with van der Waals surface area (Å²) < 4.78 is 18.8. The summed E-state index contributed by atoms with van der Waals surface area (Å²) in [5, 5.41) is 0. The fourth-order valence-corrected chi connectivity index (χ4v) is 1.59. The molecule has 1 heterocycles. The molecule has 4 nitrogen and oxygen atoms in total. The molecule has 1 aromatic heterocycles. The molecular weight excluding hydrogens is 235 g/mol. The minimum atomic E-state index is -0.728. The van der Waals surface area contributed by atoms with Crippen LogP contribution in [-0.2, 0) is 4.74 Å². The Balaban J connectivity index is 1.78. The number of hydrogen-bond donors (Lipinski definition) is 0. The van der Waals surface area contributed by atoms with Gasteiger partial charge in [0.25, 0.3) is 5.91 Å². The third-order valence-corrected chi connectivity index (χ3v) is 2.96. The largest absolute Gasteiger partial charge is 0.379 e. The lowest BCUT2D eigenvalue weighted by Gasteiger charge is -2.17.